The standard InChI is InChI=1S/C16H16BrFNO2.Y/c1-4-19-11(2)12(17)8-9-14(19)16-13(18)6-5-7-15(16)21-10-20-3;/h5-8H,2,4,10H2,1,3H3;/q-1;. The number of nitrogens with zero attached hydrogens (tertiary/aromatic N) is 1. The summed E-state index contributed by atoms with van der Waals surface area (Å²) in [6.07, 6.45) is 4.82. The van der Waals surface area contributed by atoms with Gasteiger partial charge in [0, 0.05) is 46.4 Å². The summed E-state index contributed by atoms with van der Waals surface area (Å²) in [5.74, 6) is 0.0424. The Labute approximate surface area is 163 Å². The zero-order valence-electron chi connectivity index (χ0n) is 12.5. The molecule has 0 atom stereocenters. The normalized spacial score (nSPS) is 14.2. The minimum Gasteiger partial charge on any atom is -0.480 e. The van der Waals surface area contributed by atoms with Crippen molar-refractivity contribution in [2.45, 2.75) is 6.92 Å². The van der Waals surface area contributed by atoms with Crippen molar-refractivity contribution in [1.29, 1.82) is 0 Å². The van der Waals surface area contributed by atoms with Gasteiger partial charge in [0.05, 0.1) is 11.6 Å². The van der Waals surface area contributed by atoms with Gasteiger partial charge in [-0.05, 0) is 30.3 Å². The first-order valence-corrected chi connectivity index (χ1v) is 7.26. The van der Waals surface area contributed by atoms with E-state index in [2.05, 4.69) is 28.6 Å². The second-order valence-electron chi connectivity index (χ2n) is 4.34. The first kappa shape index (κ1) is 19.6. The topological polar surface area (TPSA) is 21.7 Å². The maximum atomic E-state index is 14.3. The largest absolute Gasteiger partial charge is 0.480 e. The average molecular weight is 442 g/mol. The number of rotatable bonds is 5. The van der Waals surface area contributed by atoms with Gasteiger partial charge in [0.1, 0.15) is 0 Å². The second kappa shape index (κ2) is 8.97. The van der Waals surface area contributed by atoms with E-state index in [4.69, 9.17) is 9.47 Å². The molecule has 1 aliphatic heterocycles. The molecule has 0 spiro atoms. The molecule has 1 aromatic rings. The Morgan fingerprint density at radius 1 is 1.41 bits per heavy atom. The number of halogens is 2. The van der Waals surface area contributed by atoms with Crippen molar-refractivity contribution < 1.29 is 46.6 Å². The molecule has 0 amide bonds. The molecule has 0 aromatic heterocycles. The van der Waals surface area contributed by atoms with Crippen LogP contribution in [0.15, 0.2) is 41.0 Å². The van der Waals surface area contributed by atoms with Gasteiger partial charge in [-0.2, -0.15) is 12.2 Å². The number of ether oxygens (including phenoxy) is 2. The van der Waals surface area contributed by atoms with Gasteiger partial charge >= 0.3 is 0 Å². The van der Waals surface area contributed by atoms with Crippen molar-refractivity contribution in [3.63, 3.8) is 0 Å². The van der Waals surface area contributed by atoms with E-state index in [1.165, 1.54) is 13.2 Å². The summed E-state index contributed by atoms with van der Waals surface area (Å²) < 4.78 is 25.5. The Balaban J connectivity index is 0.00000242. The van der Waals surface area contributed by atoms with E-state index in [1.807, 2.05) is 11.8 Å². The van der Waals surface area contributed by atoms with Crippen LogP contribution < -0.4 is 4.74 Å². The van der Waals surface area contributed by atoms with Crippen LogP contribution >= 0.6 is 15.9 Å². The number of hydrogen-bond donors (Lipinski definition) is 0. The van der Waals surface area contributed by atoms with E-state index in [0.29, 0.717) is 23.6 Å². The summed E-state index contributed by atoms with van der Waals surface area (Å²) in [7, 11) is 1.52. The quantitative estimate of drug-likeness (QED) is 0.507. The number of allylic oxidation sites excluding steroid dienone is 3. The molecule has 1 heterocycles. The molecule has 0 N–H and O–H groups in total. The molecule has 0 unspecified atom stereocenters. The molecule has 0 bridgehead atoms. The second-order valence-corrected chi connectivity index (χ2v) is 5.19. The van der Waals surface area contributed by atoms with Gasteiger partial charge in [0.2, 0.25) is 0 Å². The Bertz CT molecular complexity index is 616. The smallest absolute Gasteiger partial charge is 0.187 e. The molecule has 0 fully saturated rings. The summed E-state index contributed by atoms with van der Waals surface area (Å²) >= 11 is 3.41. The number of likely N-dealkylation sites (N-methyl/N-ethyl adjacent to an activating group) is 1. The Morgan fingerprint density at radius 3 is 2.77 bits per heavy atom. The Morgan fingerprint density at radius 2 is 2.14 bits per heavy atom. The average Bonchev–Trinajstić information content (AvgIpc) is 2.48. The van der Waals surface area contributed by atoms with Crippen LogP contribution in [0.1, 0.15) is 12.5 Å². The number of methoxy groups -OCH3 is 1. The fourth-order valence-corrected chi connectivity index (χ4v) is 2.42. The van der Waals surface area contributed by atoms with Gasteiger partial charge in [-0.15, -0.1) is 15.9 Å². The van der Waals surface area contributed by atoms with E-state index < -0.39 is 0 Å². The molecule has 115 valence electrons. The van der Waals surface area contributed by atoms with E-state index >= 15 is 0 Å². The van der Waals surface area contributed by atoms with E-state index in [0.717, 1.165) is 10.2 Å². The summed E-state index contributed by atoms with van der Waals surface area (Å²) in [5, 5.41) is 0. The molecule has 1 aliphatic rings. The van der Waals surface area contributed by atoms with Crippen LogP contribution in [-0.4, -0.2) is 25.3 Å². The Hall–Kier alpha value is -0.486. The van der Waals surface area contributed by atoms with Crippen LogP contribution in [0.5, 0.6) is 5.75 Å². The number of benzene rings is 1. The summed E-state index contributed by atoms with van der Waals surface area (Å²) in [6.45, 7) is 6.67. The molecule has 2 rings (SSSR count). The number of hydrogen-bond acceptors (Lipinski definition) is 3. The van der Waals surface area contributed by atoms with Gasteiger partial charge in [-0.3, -0.25) is 0 Å². The molecule has 6 heteroatoms. The molecule has 1 radical (unpaired) electrons. The van der Waals surface area contributed by atoms with Crippen LogP contribution in [-0.2, 0) is 37.4 Å². The van der Waals surface area contributed by atoms with Crippen LogP contribution in [0.2, 0.25) is 0 Å². The fourth-order valence-electron chi connectivity index (χ4n) is 2.09. The molecule has 0 saturated carbocycles. The van der Waals surface area contributed by atoms with E-state index in [9.17, 15) is 4.39 Å². The van der Waals surface area contributed by atoms with Crippen LogP contribution in [0.25, 0.3) is 5.70 Å². The molecule has 1 aromatic carbocycles. The third-order valence-electron chi connectivity index (χ3n) is 3.07. The molecule has 0 aliphatic carbocycles. The van der Waals surface area contributed by atoms with E-state index in [-0.39, 0.29) is 45.3 Å². The monoisotopic (exact) mass is 441 g/mol. The minimum absolute atomic E-state index is 0. The minimum atomic E-state index is -0.372. The van der Waals surface area contributed by atoms with Crippen LogP contribution in [0, 0.1) is 11.9 Å². The predicted molar refractivity (Wildman–Crippen MR) is 84.1 cm³/mol. The first-order chi connectivity index (χ1) is 10.1. The maximum Gasteiger partial charge on any atom is 0.187 e. The third kappa shape index (κ3) is 4.08. The SMILES string of the molecule is C=C1C(Br)=C[C-]=C(c2c(F)cccc2OCOC)N1CC.[Y]. The van der Waals surface area contributed by atoms with Crippen molar-refractivity contribution in [2.75, 3.05) is 20.4 Å². The van der Waals surface area contributed by atoms with Gasteiger partial charge in [-0.1, -0.05) is 22.8 Å². The zero-order valence-corrected chi connectivity index (χ0v) is 17.0. The zero-order chi connectivity index (χ0) is 15.4. The molecular weight excluding hydrogens is 426 g/mol. The van der Waals surface area contributed by atoms with Gasteiger partial charge in [0.15, 0.2) is 6.79 Å². The fraction of sp³-hybridized carbons (Fsp3) is 0.250. The maximum absolute atomic E-state index is 14.3. The van der Waals surface area contributed by atoms with Crippen molar-refractivity contribution in [3.05, 3.63) is 58.5 Å². The van der Waals surface area contributed by atoms with Crippen molar-refractivity contribution in [3.8, 4) is 5.75 Å². The summed E-state index contributed by atoms with van der Waals surface area (Å²) in [6, 6.07) is 4.70. The van der Waals surface area contributed by atoms with Crippen LogP contribution in [0.4, 0.5) is 4.39 Å². The van der Waals surface area contributed by atoms with E-state index in [1.54, 1.807) is 18.2 Å². The third-order valence-corrected chi connectivity index (χ3v) is 3.75. The van der Waals surface area contributed by atoms with Gasteiger partial charge in [0.25, 0.3) is 0 Å². The van der Waals surface area contributed by atoms with Crippen molar-refractivity contribution in [2.24, 2.45) is 0 Å². The molecule has 22 heavy (non-hydrogen) atoms. The predicted octanol–water partition coefficient (Wildman–Crippen LogP) is 4.08. The van der Waals surface area contributed by atoms with Crippen LogP contribution in [0.3, 0.4) is 0 Å². The Kier molecular flexibility index (Phi) is 7.97. The van der Waals surface area contributed by atoms with Crippen molar-refractivity contribution in [1.82, 2.24) is 4.90 Å². The molecular formula is C16H16BrFNO2Y-. The summed E-state index contributed by atoms with van der Waals surface area (Å²) in [5.41, 5.74) is 1.70. The van der Waals surface area contributed by atoms with Gasteiger partial charge < -0.3 is 14.4 Å². The molecule has 0 saturated heterocycles. The van der Waals surface area contributed by atoms with Crippen molar-refractivity contribution >= 4 is 21.6 Å². The first-order valence-electron chi connectivity index (χ1n) is 6.46. The summed E-state index contributed by atoms with van der Waals surface area (Å²) in [4.78, 5) is 1.88. The van der Waals surface area contributed by atoms with Gasteiger partial charge in [-0.25, -0.2) is 4.39 Å². The molecule has 3 nitrogen and oxygen atoms in total.